The Bertz CT molecular complexity index is 1260. The van der Waals surface area contributed by atoms with Gasteiger partial charge in [-0.15, -0.1) is 11.3 Å². The molecule has 0 fully saturated rings. The predicted molar refractivity (Wildman–Crippen MR) is 122 cm³/mol. The third-order valence-corrected chi connectivity index (χ3v) is 6.72. The van der Waals surface area contributed by atoms with Gasteiger partial charge in [0.1, 0.15) is 6.61 Å². The number of nitrogens with zero attached hydrogens (tertiary/aromatic N) is 1. The van der Waals surface area contributed by atoms with Crippen LogP contribution in [0.3, 0.4) is 0 Å². The molecule has 31 heavy (non-hydrogen) atoms. The standard InChI is InChI=1S/C23H20N2O4S2/c1-28-22-14-18(12-13-21(22)29-15-17-8-4-2-5-9-17)20-16-30-23(24-20)25-31(26,27)19-10-6-3-7-11-19/h2-14,16H,15H2,1H3,(H,24,25). The van der Waals surface area contributed by atoms with E-state index in [0.717, 1.165) is 11.1 Å². The third-order valence-electron chi connectivity index (χ3n) is 4.48. The van der Waals surface area contributed by atoms with Crippen molar-refractivity contribution >= 4 is 26.5 Å². The largest absolute Gasteiger partial charge is 0.493 e. The van der Waals surface area contributed by atoms with Crippen molar-refractivity contribution < 1.29 is 17.9 Å². The van der Waals surface area contributed by atoms with Crippen molar-refractivity contribution in [1.82, 2.24) is 4.98 Å². The highest BCUT2D eigenvalue weighted by atomic mass is 32.2. The molecule has 0 unspecified atom stereocenters. The van der Waals surface area contributed by atoms with Gasteiger partial charge in [0.05, 0.1) is 17.7 Å². The van der Waals surface area contributed by atoms with Gasteiger partial charge in [0.15, 0.2) is 16.6 Å². The molecule has 0 aliphatic heterocycles. The van der Waals surface area contributed by atoms with E-state index in [0.29, 0.717) is 28.9 Å². The smallest absolute Gasteiger partial charge is 0.263 e. The summed E-state index contributed by atoms with van der Waals surface area (Å²) in [5.74, 6) is 1.20. The Kier molecular flexibility index (Phi) is 6.20. The van der Waals surface area contributed by atoms with Crippen molar-refractivity contribution in [3.8, 4) is 22.8 Å². The molecule has 8 heteroatoms. The minimum atomic E-state index is -3.68. The van der Waals surface area contributed by atoms with Crippen molar-refractivity contribution in [3.63, 3.8) is 0 Å². The number of methoxy groups -OCH3 is 1. The van der Waals surface area contributed by atoms with E-state index < -0.39 is 10.0 Å². The van der Waals surface area contributed by atoms with Crippen molar-refractivity contribution in [3.05, 3.63) is 89.8 Å². The molecule has 1 heterocycles. The maximum absolute atomic E-state index is 12.5. The average molecular weight is 453 g/mol. The van der Waals surface area contributed by atoms with Gasteiger partial charge in [-0.05, 0) is 35.9 Å². The van der Waals surface area contributed by atoms with Gasteiger partial charge in [-0.3, -0.25) is 4.72 Å². The van der Waals surface area contributed by atoms with Gasteiger partial charge >= 0.3 is 0 Å². The van der Waals surface area contributed by atoms with Crippen LogP contribution in [0.5, 0.6) is 11.5 Å². The molecule has 6 nitrogen and oxygen atoms in total. The Morgan fingerprint density at radius 3 is 2.35 bits per heavy atom. The van der Waals surface area contributed by atoms with Crippen LogP contribution in [0.1, 0.15) is 5.56 Å². The van der Waals surface area contributed by atoms with Gasteiger partial charge in [0.2, 0.25) is 0 Å². The maximum atomic E-state index is 12.5. The molecular formula is C23H20N2O4S2. The number of nitrogens with one attached hydrogen (secondary N) is 1. The Morgan fingerprint density at radius 2 is 1.65 bits per heavy atom. The molecule has 3 aromatic carbocycles. The average Bonchev–Trinajstić information content (AvgIpc) is 3.26. The molecule has 0 bridgehead atoms. The molecule has 0 amide bonds. The van der Waals surface area contributed by atoms with Gasteiger partial charge in [0, 0.05) is 10.9 Å². The molecule has 0 spiro atoms. The number of anilines is 1. The molecule has 0 aliphatic rings. The molecule has 158 valence electrons. The molecular weight excluding hydrogens is 432 g/mol. The van der Waals surface area contributed by atoms with Crippen LogP contribution < -0.4 is 14.2 Å². The van der Waals surface area contributed by atoms with Crippen LogP contribution in [0.25, 0.3) is 11.3 Å². The van der Waals surface area contributed by atoms with Crippen LogP contribution in [0.4, 0.5) is 5.13 Å². The number of hydrogen-bond acceptors (Lipinski definition) is 6. The minimum Gasteiger partial charge on any atom is -0.493 e. The quantitative estimate of drug-likeness (QED) is 0.398. The minimum absolute atomic E-state index is 0.188. The van der Waals surface area contributed by atoms with Gasteiger partial charge in [0.25, 0.3) is 10.0 Å². The highest BCUT2D eigenvalue weighted by molar-refractivity contribution is 7.93. The monoisotopic (exact) mass is 452 g/mol. The van der Waals surface area contributed by atoms with E-state index in [2.05, 4.69) is 9.71 Å². The van der Waals surface area contributed by atoms with Crippen LogP contribution in [0.15, 0.2) is 89.1 Å². The Hall–Kier alpha value is -3.36. The fourth-order valence-electron chi connectivity index (χ4n) is 2.91. The summed E-state index contributed by atoms with van der Waals surface area (Å²) in [6.07, 6.45) is 0. The predicted octanol–water partition coefficient (Wildman–Crippen LogP) is 5.20. The summed E-state index contributed by atoms with van der Waals surface area (Å²) in [6, 6.07) is 23.6. The summed E-state index contributed by atoms with van der Waals surface area (Å²) < 4.78 is 38.9. The number of ether oxygens (including phenoxy) is 2. The Labute approximate surface area is 185 Å². The van der Waals surface area contributed by atoms with Crippen molar-refractivity contribution in [2.45, 2.75) is 11.5 Å². The highest BCUT2D eigenvalue weighted by Gasteiger charge is 2.16. The molecule has 0 aliphatic carbocycles. The van der Waals surface area contributed by atoms with E-state index in [9.17, 15) is 8.42 Å². The zero-order valence-corrected chi connectivity index (χ0v) is 18.3. The second-order valence-electron chi connectivity index (χ2n) is 6.60. The van der Waals surface area contributed by atoms with E-state index in [-0.39, 0.29) is 4.90 Å². The molecule has 4 aromatic rings. The number of aromatic nitrogens is 1. The zero-order chi connectivity index (χ0) is 21.7. The fraction of sp³-hybridized carbons (Fsp3) is 0.0870. The molecule has 0 saturated carbocycles. The summed E-state index contributed by atoms with van der Waals surface area (Å²) >= 11 is 1.22. The fourth-order valence-corrected chi connectivity index (χ4v) is 4.90. The number of hydrogen-bond donors (Lipinski definition) is 1. The molecule has 1 aromatic heterocycles. The van der Waals surface area contributed by atoms with E-state index in [1.54, 1.807) is 30.7 Å². The molecule has 1 N–H and O–H groups in total. The number of thiazole rings is 1. The molecule has 4 rings (SSSR count). The first kappa shape index (κ1) is 20.9. The number of benzene rings is 3. The zero-order valence-electron chi connectivity index (χ0n) is 16.7. The molecule has 0 atom stereocenters. The van der Waals surface area contributed by atoms with Crippen LogP contribution in [0, 0.1) is 0 Å². The lowest BCUT2D eigenvalue weighted by molar-refractivity contribution is 0.284. The number of rotatable bonds is 8. The second kappa shape index (κ2) is 9.20. The Balaban J connectivity index is 1.50. The van der Waals surface area contributed by atoms with Crippen molar-refractivity contribution in [2.75, 3.05) is 11.8 Å². The number of sulfonamides is 1. The lowest BCUT2D eigenvalue weighted by Gasteiger charge is -2.12. The van der Waals surface area contributed by atoms with Crippen LogP contribution >= 0.6 is 11.3 Å². The van der Waals surface area contributed by atoms with Crippen LogP contribution in [-0.2, 0) is 16.6 Å². The summed E-state index contributed by atoms with van der Waals surface area (Å²) in [7, 11) is -2.10. The summed E-state index contributed by atoms with van der Waals surface area (Å²) in [4.78, 5) is 4.61. The van der Waals surface area contributed by atoms with Crippen molar-refractivity contribution in [2.24, 2.45) is 0 Å². The summed E-state index contributed by atoms with van der Waals surface area (Å²) in [5, 5.41) is 2.09. The van der Waals surface area contributed by atoms with Gasteiger partial charge in [-0.2, -0.15) is 0 Å². The lowest BCUT2D eigenvalue weighted by Crippen LogP contribution is -2.12. The maximum Gasteiger partial charge on any atom is 0.263 e. The first-order valence-electron chi connectivity index (χ1n) is 9.44. The van der Waals surface area contributed by atoms with E-state index in [1.807, 2.05) is 48.5 Å². The van der Waals surface area contributed by atoms with E-state index in [1.165, 1.54) is 23.5 Å². The van der Waals surface area contributed by atoms with E-state index >= 15 is 0 Å². The van der Waals surface area contributed by atoms with Gasteiger partial charge in [-0.1, -0.05) is 48.5 Å². The first-order valence-corrected chi connectivity index (χ1v) is 11.8. The van der Waals surface area contributed by atoms with Gasteiger partial charge < -0.3 is 9.47 Å². The molecule has 0 saturated heterocycles. The second-order valence-corrected chi connectivity index (χ2v) is 9.14. The lowest BCUT2D eigenvalue weighted by atomic mass is 10.1. The van der Waals surface area contributed by atoms with E-state index in [4.69, 9.17) is 9.47 Å². The SMILES string of the molecule is COc1cc(-c2csc(NS(=O)(=O)c3ccccc3)n2)ccc1OCc1ccccc1. The molecule has 0 radical (unpaired) electrons. The first-order chi connectivity index (χ1) is 15.0. The Morgan fingerprint density at radius 1 is 0.935 bits per heavy atom. The summed E-state index contributed by atoms with van der Waals surface area (Å²) in [6.45, 7) is 0.429. The highest BCUT2D eigenvalue weighted by Crippen LogP contribution is 2.34. The van der Waals surface area contributed by atoms with Crippen molar-refractivity contribution in [1.29, 1.82) is 0 Å². The van der Waals surface area contributed by atoms with Crippen LogP contribution in [0.2, 0.25) is 0 Å². The van der Waals surface area contributed by atoms with Crippen LogP contribution in [-0.4, -0.2) is 20.5 Å². The summed E-state index contributed by atoms with van der Waals surface area (Å²) in [5.41, 5.74) is 2.50. The third kappa shape index (κ3) is 5.04. The normalized spacial score (nSPS) is 11.1. The van der Waals surface area contributed by atoms with Gasteiger partial charge in [-0.25, -0.2) is 13.4 Å². The topological polar surface area (TPSA) is 77.5 Å².